The topological polar surface area (TPSA) is 87.7 Å². The van der Waals surface area contributed by atoms with E-state index in [-0.39, 0.29) is 13.0 Å². The predicted octanol–water partition coefficient (Wildman–Crippen LogP) is 0.728. The number of methoxy groups -OCH3 is 1. The van der Waals surface area contributed by atoms with Gasteiger partial charge in [0, 0.05) is 20.2 Å². The lowest BCUT2D eigenvalue weighted by Gasteiger charge is -2.14. The number of carboxylic acids is 1. The van der Waals surface area contributed by atoms with Crippen LogP contribution in [0.1, 0.15) is 12.8 Å². The van der Waals surface area contributed by atoms with Crippen molar-refractivity contribution < 1.29 is 32.6 Å². The fraction of sp³-hybridized carbons (Fsp3) is 0.778. The third kappa shape index (κ3) is 9.70. The minimum Gasteiger partial charge on any atom is -0.481 e. The van der Waals surface area contributed by atoms with E-state index in [9.17, 15) is 22.8 Å². The van der Waals surface area contributed by atoms with E-state index in [2.05, 4.69) is 5.32 Å². The van der Waals surface area contributed by atoms with Gasteiger partial charge in [-0.3, -0.25) is 4.79 Å². The molecule has 0 aliphatic heterocycles. The van der Waals surface area contributed by atoms with Crippen LogP contribution in [-0.4, -0.2) is 49.6 Å². The van der Waals surface area contributed by atoms with Crippen LogP contribution in [0.3, 0.4) is 0 Å². The van der Waals surface area contributed by atoms with Crippen molar-refractivity contribution in [3.8, 4) is 0 Å². The van der Waals surface area contributed by atoms with Gasteiger partial charge in [0.15, 0.2) is 0 Å². The second-order valence-electron chi connectivity index (χ2n) is 3.46. The van der Waals surface area contributed by atoms with Crippen molar-refractivity contribution >= 4 is 12.0 Å². The van der Waals surface area contributed by atoms with Gasteiger partial charge in [-0.2, -0.15) is 13.2 Å². The molecular weight excluding hydrogens is 257 g/mol. The molecule has 0 aromatic heterocycles. The lowest BCUT2D eigenvalue weighted by atomic mass is 10.2. The van der Waals surface area contributed by atoms with Crippen LogP contribution in [0.5, 0.6) is 0 Å². The van der Waals surface area contributed by atoms with E-state index in [4.69, 9.17) is 9.84 Å². The zero-order valence-electron chi connectivity index (χ0n) is 9.71. The summed E-state index contributed by atoms with van der Waals surface area (Å²) in [7, 11) is 1.27. The molecule has 106 valence electrons. The highest BCUT2D eigenvalue weighted by Gasteiger charge is 2.26. The first-order valence-electron chi connectivity index (χ1n) is 5.07. The van der Waals surface area contributed by atoms with Gasteiger partial charge in [-0.15, -0.1) is 0 Å². The molecule has 9 heteroatoms. The minimum absolute atomic E-state index is 0.0966. The number of carboxylic acid groups (broad SMARTS) is 1. The average Bonchev–Trinajstić information content (AvgIpc) is 2.21. The molecule has 6 nitrogen and oxygen atoms in total. The number of urea groups is 1. The molecule has 0 fully saturated rings. The fourth-order valence-corrected chi connectivity index (χ4v) is 1.02. The predicted molar refractivity (Wildman–Crippen MR) is 55.1 cm³/mol. The SMILES string of the molecule is COC(CNC(=O)NCCC(F)(F)F)CC(=O)O. The maximum atomic E-state index is 11.8. The molecule has 0 aliphatic rings. The van der Waals surface area contributed by atoms with Crippen molar-refractivity contribution in [1.29, 1.82) is 0 Å². The highest BCUT2D eigenvalue weighted by Crippen LogP contribution is 2.17. The molecule has 0 radical (unpaired) electrons. The molecule has 0 spiro atoms. The second kappa shape index (κ2) is 7.75. The van der Waals surface area contributed by atoms with Crippen LogP contribution in [0.2, 0.25) is 0 Å². The number of aliphatic carboxylic acids is 1. The number of alkyl halides is 3. The van der Waals surface area contributed by atoms with Gasteiger partial charge in [0.2, 0.25) is 0 Å². The first-order chi connectivity index (χ1) is 8.24. The zero-order valence-corrected chi connectivity index (χ0v) is 9.71. The Kier molecular flexibility index (Phi) is 7.10. The van der Waals surface area contributed by atoms with Crippen molar-refractivity contribution in [3.05, 3.63) is 0 Å². The summed E-state index contributed by atoms with van der Waals surface area (Å²) in [5.74, 6) is -1.10. The van der Waals surface area contributed by atoms with Crippen molar-refractivity contribution in [2.24, 2.45) is 0 Å². The quantitative estimate of drug-likeness (QED) is 0.637. The first-order valence-corrected chi connectivity index (χ1v) is 5.07. The van der Waals surface area contributed by atoms with E-state index in [0.717, 1.165) is 0 Å². The van der Waals surface area contributed by atoms with Gasteiger partial charge >= 0.3 is 18.2 Å². The fourth-order valence-electron chi connectivity index (χ4n) is 1.02. The summed E-state index contributed by atoms with van der Waals surface area (Å²) in [4.78, 5) is 21.4. The molecule has 0 aliphatic carbocycles. The number of hydrogen-bond acceptors (Lipinski definition) is 3. The largest absolute Gasteiger partial charge is 0.481 e. The lowest BCUT2D eigenvalue weighted by molar-refractivity contribution is -0.139. The maximum Gasteiger partial charge on any atom is 0.390 e. The molecule has 18 heavy (non-hydrogen) atoms. The number of rotatable bonds is 7. The number of carbonyl (C=O) groups is 2. The molecule has 0 saturated carbocycles. The molecule has 0 bridgehead atoms. The highest BCUT2D eigenvalue weighted by atomic mass is 19.4. The number of ether oxygens (including phenoxy) is 1. The van der Waals surface area contributed by atoms with Crippen LogP contribution in [0.4, 0.5) is 18.0 Å². The average molecular weight is 272 g/mol. The summed E-state index contributed by atoms with van der Waals surface area (Å²) >= 11 is 0. The molecule has 1 atom stereocenters. The van der Waals surface area contributed by atoms with Gasteiger partial charge < -0.3 is 20.5 Å². The Balaban J connectivity index is 3.78. The van der Waals surface area contributed by atoms with E-state index in [1.807, 2.05) is 5.32 Å². The van der Waals surface area contributed by atoms with Crippen molar-refractivity contribution in [1.82, 2.24) is 10.6 Å². The summed E-state index contributed by atoms with van der Waals surface area (Å²) < 4.78 is 40.1. The van der Waals surface area contributed by atoms with E-state index in [1.54, 1.807) is 0 Å². The maximum absolute atomic E-state index is 11.8. The second-order valence-corrected chi connectivity index (χ2v) is 3.46. The number of amides is 2. The minimum atomic E-state index is -4.33. The normalized spacial score (nSPS) is 12.9. The smallest absolute Gasteiger partial charge is 0.390 e. The standard InChI is InChI=1S/C9H15F3N2O4/c1-18-6(4-7(15)16)5-14-8(17)13-3-2-9(10,11)12/h6H,2-5H2,1H3,(H,15,16)(H2,13,14,17). The van der Waals surface area contributed by atoms with E-state index in [1.165, 1.54) is 7.11 Å². The Morgan fingerprint density at radius 1 is 1.33 bits per heavy atom. The molecular formula is C9H15F3N2O4. The van der Waals surface area contributed by atoms with Crippen LogP contribution in [0.25, 0.3) is 0 Å². The molecule has 0 heterocycles. The Hall–Kier alpha value is -1.51. The molecule has 1 unspecified atom stereocenters. The van der Waals surface area contributed by atoms with Crippen LogP contribution >= 0.6 is 0 Å². The van der Waals surface area contributed by atoms with Crippen molar-refractivity contribution in [3.63, 3.8) is 0 Å². The number of hydrogen-bond donors (Lipinski definition) is 3. The van der Waals surface area contributed by atoms with Crippen LogP contribution < -0.4 is 10.6 Å². The Labute approximate surface area is 101 Å². The molecule has 0 saturated heterocycles. The Morgan fingerprint density at radius 3 is 2.39 bits per heavy atom. The van der Waals surface area contributed by atoms with Gasteiger partial charge in [0.05, 0.1) is 18.9 Å². The molecule has 0 aromatic carbocycles. The van der Waals surface area contributed by atoms with E-state index in [0.29, 0.717) is 0 Å². The van der Waals surface area contributed by atoms with E-state index >= 15 is 0 Å². The van der Waals surface area contributed by atoms with Crippen LogP contribution in [0.15, 0.2) is 0 Å². The van der Waals surface area contributed by atoms with Gasteiger partial charge in [0.1, 0.15) is 0 Å². The summed E-state index contributed by atoms with van der Waals surface area (Å²) in [5, 5.41) is 12.7. The van der Waals surface area contributed by atoms with E-state index < -0.39 is 37.2 Å². The summed E-state index contributed by atoms with van der Waals surface area (Å²) in [6.07, 6.45) is -6.48. The van der Waals surface area contributed by atoms with Crippen LogP contribution in [-0.2, 0) is 9.53 Å². The Morgan fingerprint density at radius 2 is 1.94 bits per heavy atom. The third-order valence-corrected chi connectivity index (χ3v) is 1.92. The number of nitrogens with one attached hydrogen (secondary N) is 2. The molecule has 3 N–H and O–H groups in total. The van der Waals surface area contributed by atoms with Gasteiger partial charge in [-0.05, 0) is 0 Å². The van der Waals surface area contributed by atoms with Gasteiger partial charge in [0.25, 0.3) is 0 Å². The highest BCUT2D eigenvalue weighted by molar-refractivity contribution is 5.74. The van der Waals surface area contributed by atoms with Gasteiger partial charge in [-0.25, -0.2) is 4.79 Å². The third-order valence-electron chi connectivity index (χ3n) is 1.92. The number of halogens is 3. The zero-order chi connectivity index (χ0) is 14.2. The van der Waals surface area contributed by atoms with Crippen molar-refractivity contribution in [2.75, 3.05) is 20.2 Å². The summed E-state index contributed by atoms with van der Waals surface area (Å²) in [6, 6.07) is -0.799. The number of carbonyl (C=O) groups excluding carboxylic acids is 1. The summed E-state index contributed by atoms with van der Waals surface area (Å²) in [6.45, 7) is -0.632. The molecule has 2 amide bonds. The van der Waals surface area contributed by atoms with Crippen LogP contribution in [0, 0.1) is 0 Å². The van der Waals surface area contributed by atoms with Gasteiger partial charge in [-0.1, -0.05) is 0 Å². The molecule has 0 aromatic rings. The summed E-state index contributed by atoms with van der Waals surface area (Å²) in [5.41, 5.74) is 0. The first kappa shape index (κ1) is 16.5. The molecule has 0 rings (SSSR count). The lowest BCUT2D eigenvalue weighted by Crippen LogP contribution is -2.41. The monoisotopic (exact) mass is 272 g/mol. The van der Waals surface area contributed by atoms with Crippen molar-refractivity contribution in [2.45, 2.75) is 25.1 Å². The Bertz CT molecular complexity index is 283.